The maximum atomic E-state index is 11.4. The van der Waals surface area contributed by atoms with Crippen LogP contribution in [0.3, 0.4) is 0 Å². The van der Waals surface area contributed by atoms with Crippen molar-refractivity contribution in [3.8, 4) is 0 Å². The summed E-state index contributed by atoms with van der Waals surface area (Å²) in [6.07, 6.45) is 2.60. The fraction of sp³-hybridized carbons (Fsp3) is 0.889. The lowest BCUT2D eigenvalue weighted by molar-refractivity contribution is -0.164. The lowest BCUT2D eigenvalue weighted by Gasteiger charge is -2.18. The van der Waals surface area contributed by atoms with Gasteiger partial charge in [-0.25, -0.2) is 5.06 Å². The van der Waals surface area contributed by atoms with Crippen LogP contribution in [0.15, 0.2) is 0 Å². The van der Waals surface area contributed by atoms with Gasteiger partial charge >= 0.3 is 0 Å². The van der Waals surface area contributed by atoms with E-state index in [-0.39, 0.29) is 5.91 Å². The Kier molecular flexibility index (Phi) is 2.26. The summed E-state index contributed by atoms with van der Waals surface area (Å²) in [6, 6.07) is -0.439. The Hall–Kier alpha value is -0.610. The molecule has 2 unspecified atom stereocenters. The van der Waals surface area contributed by atoms with Crippen molar-refractivity contribution in [1.29, 1.82) is 0 Å². The molecule has 0 aromatic rings. The number of hydroxylamine groups is 2. The van der Waals surface area contributed by atoms with E-state index in [0.29, 0.717) is 19.1 Å². The average Bonchev–Trinajstić information content (AvgIpc) is 2.89. The smallest absolute Gasteiger partial charge is 0.265 e. The van der Waals surface area contributed by atoms with Crippen molar-refractivity contribution in [1.82, 2.24) is 5.06 Å². The monoisotopic (exact) mass is 184 g/mol. The predicted molar refractivity (Wildman–Crippen MR) is 47.5 cm³/mol. The zero-order valence-corrected chi connectivity index (χ0v) is 7.90. The molecule has 0 radical (unpaired) electrons. The molecule has 13 heavy (non-hydrogen) atoms. The molecule has 1 aliphatic heterocycles. The summed E-state index contributed by atoms with van der Waals surface area (Å²) in [5.74, 6) is 1.29. The third-order valence-corrected chi connectivity index (χ3v) is 2.85. The minimum Gasteiger partial charge on any atom is -0.318 e. The summed E-state index contributed by atoms with van der Waals surface area (Å²) in [6.45, 7) is 3.21. The summed E-state index contributed by atoms with van der Waals surface area (Å²) >= 11 is 0. The largest absolute Gasteiger partial charge is 0.318 e. The molecule has 0 aromatic carbocycles. The second kappa shape index (κ2) is 3.27. The van der Waals surface area contributed by atoms with Gasteiger partial charge in [0.2, 0.25) is 0 Å². The number of hydrogen-bond acceptors (Lipinski definition) is 3. The Morgan fingerprint density at radius 2 is 2.38 bits per heavy atom. The molecular weight excluding hydrogens is 168 g/mol. The molecule has 1 saturated heterocycles. The van der Waals surface area contributed by atoms with Crippen molar-refractivity contribution in [2.24, 2.45) is 17.6 Å². The van der Waals surface area contributed by atoms with Crippen LogP contribution in [0.25, 0.3) is 0 Å². The third kappa shape index (κ3) is 1.84. The molecule has 1 amide bonds. The van der Waals surface area contributed by atoms with E-state index >= 15 is 0 Å². The van der Waals surface area contributed by atoms with Gasteiger partial charge in [0.05, 0.1) is 13.2 Å². The maximum Gasteiger partial charge on any atom is 0.265 e. The van der Waals surface area contributed by atoms with E-state index in [1.807, 2.05) is 0 Å². The fourth-order valence-corrected chi connectivity index (χ4v) is 1.71. The van der Waals surface area contributed by atoms with Crippen LogP contribution < -0.4 is 5.73 Å². The number of nitrogens with zero attached hydrogens (tertiary/aromatic N) is 1. The van der Waals surface area contributed by atoms with Crippen LogP contribution in [0, 0.1) is 11.8 Å². The standard InChI is InChI=1S/C9H16N2O2/c1-6(7-2-3-7)4-11-9(12)8(10)5-13-11/h6-8H,2-5,10H2,1H3. The van der Waals surface area contributed by atoms with E-state index in [9.17, 15) is 4.79 Å². The topological polar surface area (TPSA) is 55.6 Å². The van der Waals surface area contributed by atoms with E-state index in [1.165, 1.54) is 17.9 Å². The third-order valence-electron chi connectivity index (χ3n) is 2.85. The Balaban J connectivity index is 1.84. The molecule has 2 rings (SSSR count). The van der Waals surface area contributed by atoms with Crippen LogP contribution in [0.1, 0.15) is 19.8 Å². The molecule has 4 nitrogen and oxygen atoms in total. The first kappa shape index (κ1) is 8.97. The molecule has 2 aliphatic rings. The molecule has 2 atom stereocenters. The zero-order valence-electron chi connectivity index (χ0n) is 7.90. The van der Waals surface area contributed by atoms with Gasteiger partial charge in [-0.1, -0.05) is 6.92 Å². The highest BCUT2D eigenvalue weighted by Gasteiger charge is 2.35. The number of rotatable bonds is 3. The van der Waals surface area contributed by atoms with Crippen molar-refractivity contribution < 1.29 is 9.63 Å². The van der Waals surface area contributed by atoms with Gasteiger partial charge in [0.25, 0.3) is 5.91 Å². The second-order valence-corrected chi connectivity index (χ2v) is 4.12. The fourth-order valence-electron chi connectivity index (χ4n) is 1.71. The lowest BCUT2D eigenvalue weighted by Crippen LogP contribution is -2.36. The number of carbonyl (C=O) groups excluding carboxylic acids is 1. The molecule has 4 heteroatoms. The highest BCUT2D eigenvalue weighted by Crippen LogP contribution is 2.37. The van der Waals surface area contributed by atoms with E-state index in [2.05, 4.69) is 6.92 Å². The molecule has 1 heterocycles. The first-order valence-electron chi connectivity index (χ1n) is 4.88. The van der Waals surface area contributed by atoms with E-state index in [1.54, 1.807) is 0 Å². The van der Waals surface area contributed by atoms with Gasteiger partial charge < -0.3 is 5.73 Å². The Labute approximate surface area is 78.0 Å². The predicted octanol–water partition coefficient (Wildman–Crippen LogP) is 0.134. The molecule has 2 fully saturated rings. The Morgan fingerprint density at radius 3 is 2.85 bits per heavy atom. The summed E-state index contributed by atoms with van der Waals surface area (Å²) in [5.41, 5.74) is 5.52. The SMILES string of the molecule is CC(CN1OCC(N)C1=O)C1CC1. The summed E-state index contributed by atoms with van der Waals surface area (Å²) in [5, 5.41) is 1.44. The highest BCUT2D eigenvalue weighted by atomic mass is 16.7. The van der Waals surface area contributed by atoms with E-state index in [4.69, 9.17) is 10.6 Å². The van der Waals surface area contributed by atoms with Gasteiger partial charge in [0.1, 0.15) is 6.04 Å². The van der Waals surface area contributed by atoms with Gasteiger partial charge in [0, 0.05) is 0 Å². The van der Waals surface area contributed by atoms with Crippen molar-refractivity contribution in [2.45, 2.75) is 25.8 Å². The lowest BCUT2D eigenvalue weighted by atomic mass is 10.1. The van der Waals surface area contributed by atoms with Crippen molar-refractivity contribution in [2.75, 3.05) is 13.2 Å². The molecule has 1 aliphatic carbocycles. The minimum absolute atomic E-state index is 0.0625. The molecular formula is C9H16N2O2. The molecule has 2 N–H and O–H groups in total. The van der Waals surface area contributed by atoms with Gasteiger partial charge in [-0.2, -0.15) is 0 Å². The molecule has 0 bridgehead atoms. The normalized spacial score (nSPS) is 31.1. The average molecular weight is 184 g/mol. The summed E-state index contributed by atoms with van der Waals surface area (Å²) in [7, 11) is 0. The van der Waals surface area contributed by atoms with Crippen LogP contribution in [0.4, 0.5) is 0 Å². The quantitative estimate of drug-likeness (QED) is 0.678. The van der Waals surface area contributed by atoms with E-state index < -0.39 is 6.04 Å². The van der Waals surface area contributed by atoms with Gasteiger partial charge in [-0.3, -0.25) is 9.63 Å². The zero-order chi connectivity index (χ0) is 9.42. The first-order valence-corrected chi connectivity index (χ1v) is 4.88. The number of hydrogen-bond donors (Lipinski definition) is 1. The van der Waals surface area contributed by atoms with Crippen LogP contribution in [-0.2, 0) is 9.63 Å². The van der Waals surface area contributed by atoms with Crippen molar-refractivity contribution >= 4 is 5.91 Å². The van der Waals surface area contributed by atoms with Gasteiger partial charge in [-0.15, -0.1) is 0 Å². The van der Waals surface area contributed by atoms with Gasteiger partial charge in [0.15, 0.2) is 0 Å². The maximum absolute atomic E-state index is 11.4. The highest BCUT2D eigenvalue weighted by molar-refractivity contribution is 5.82. The minimum atomic E-state index is -0.439. The van der Waals surface area contributed by atoms with Crippen LogP contribution >= 0.6 is 0 Å². The summed E-state index contributed by atoms with van der Waals surface area (Å²) in [4.78, 5) is 16.5. The Morgan fingerprint density at radius 1 is 1.69 bits per heavy atom. The van der Waals surface area contributed by atoms with Crippen molar-refractivity contribution in [3.05, 3.63) is 0 Å². The van der Waals surface area contributed by atoms with Crippen LogP contribution in [-0.4, -0.2) is 30.2 Å². The molecule has 0 aromatic heterocycles. The Bertz CT molecular complexity index is 216. The molecule has 74 valence electrons. The first-order chi connectivity index (χ1) is 6.18. The second-order valence-electron chi connectivity index (χ2n) is 4.12. The number of carbonyl (C=O) groups is 1. The van der Waals surface area contributed by atoms with Crippen LogP contribution in [0.5, 0.6) is 0 Å². The van der Waals surface area contributed by atoms with Gasteiger partial charge in [-0.05, 0) is 24.7 Å². The van der Waals surface area contributed by atoms with Crippen LogP contribution in [0.2, 0.25) is 0 Å². The summed E-state index contributed by atoms with van der Waals surface area (Å²) < 4.78 is 0. The molecule has 0 spiro atoms. The van der Waals surface area contributed by atoms with E-state index in [0.717, 1.165) is 5.92 Å². The number of amides is 1. The molecule has 1 saturated carbocycles. The number of nitrogens with two attached hydrogens (primary N) is 1. The van der Waals surface area contributed by atoms with Crippen molar-refractivity contribution in [3.63, 3.8) is 0 Å².